The largest absolute Gasteiger partial charge is 0.355 e. The minimum atomic E-state index is 0.687. The Morgan fingerprint density at radius 3 is 2.89 bits per heavy atom. The molecule has 1 aromatic heterocycles. The smallest absolute Gasteiger partial charge is 0.193 e. The highest BCUT2D eigenvalue weighted by molar-refractivity contribution is 5.79. The molecule has 2 aromatic rings. The predicted octanol–water partition coefficient (Wildman–Crippen LogP) is 2.96. The first-order valence-corrected chi connectivity index (χ1v) is 9.92. The van der Waals surface area contributed by atoms with Crippen LogP contribution >= 0.6 is 0 Å². The fourth-order valence-corrected chi connectivity index (χ4v) is 3.69. The van der Waals surface area contributed by atoms with E-state index in [9.17, 15) is 0 Å². The van der Waals surface area contributed by atoms with Crippen molar-refractivity contribution in [3.05, 3.63) is 42.4 Å². The fraction of sp³-hybridized carbons (Fsp3) is 0.524. The van der Waals surface area contributed by atoms with Crippen LogP contribution < -0.4 is 5.32 Å². The molecule has 0 saturated carbocycles. The van der Waals surface area contributed by atoms with Crippen molar-refractivity contribution in [2.24, 2.45) is 4.99 Å². The molecule has 3 rings (SSSR count). The SMILES string of the molecule is CN=C(NCCN1CCCCC1C)N(C)Cc1ncc(-c2ccccc2)[nH]1. The number of aromatic amines is 1. The third-order valence-corrected chi connectivity index (χ3v) is 5.30. The van der Waals surface area contributed by atoms with Crippen molar-refractivity contribution in [1.29, 1.82) is 0 Å². The molecule has 2 heterocycles. The number of nitrogens with one attached hydrogen (secondary N) is 2. The molecule has 146 valence electrons. The molecule has 1 atom stereocenters. The molecule has 1 unspecified atom stereocenters. The molecular weight excluding hydrogens is 336 g/mol. The zero-order valence-electron chi connectivity index (χ0n) is 16.8. The van der Waals surface area contributed by atoms with Gasteiger partial charge in [0.25, 0.3) is 0 Å². The monoisotopic (exact) mass is 368 g/mol. The maximum Gasteiger partial charge on any atom is 0.193 e. The summed E-state index contributed by atoms with van der Waals surface area (Å²) in [5, 5.41) is 3.49. The average molecular weight is 369 g/mol. The highest BCUT2D eigenvalue weighted by atomic mass is 15.3. The molecule has 1 aliphatic rings. The van der Waals surface area contributed by atoms with Crippen LogP contribution in [0.25, 0.3) is 11.3 Å². The molecule has 0 spiro atoms. The van der Waals surface area contributed by atoms with Crippen molar-refractivity contribution in [1.82, 2.24) is 25.1 Å². The summed E-state index contributed by atoms with van der Waals surface area (Å²) in [4.78, 5) is 17.0. The number of nitrogens with zero attached hydrogens (tertiary/aromatic N) is 4. The summed E-state index contributed by atoms with van der Waals surface area (Å²) in [7, 11) is 3.88. The second-order valence-corrected chi connectivity index (χ2v) is 7.32. The van der Waals surface area contributed by atoms with Gasteiger partial charge >= 0.3 is 0 Å². The number of imidazole rings is 1. The lowest BCUT2D eigenvalue weighted by Crippen LogP contribution is -2.45. The lowest BCUT2D eigenvalue weighted by atomic mass is 10.0. The van der Waals surface area contributed by atoms with Crippen LogP contribution in [0.4, 0.5) is 0 Å². The molecule has 0 aliphatic carbocycles. The van der Waals surface area contributed by atoms with E-state index in [4.69, 9.17) is 0 Å². The van der Waals surface area contributed by atoms with Crippen LogP contribution in [-0.2, 0) is 6.54 Å². The molecule has 1 aromatic carbocycles. The Labute approximate surface area is 162 Å². The zero-order valence-corrected chi connectivity index (χ0v) is 16.8. The van der Waals surface area contributed by atoms with E-state index in [-0.39, 0.29) is 0 Å². The summed E-state index contributed by atoms with van der Waals surface area (Å²) < 4.78 is 0. The van der Waals surface area contributed by atoms with Crippen molar-refractivity contribution < 1.29 is 0 Å². The summed E-state index contributed by atoms with van der Waals surface area (Å²) in [5.41, 5.74) is 2.19. The van der Waals surface area contributed by atoms with E-state index in [2.05, 4.69) is 49.1 Å². The molecule has 6 heteroatoms. The van der Waals surface area contributed by atoms with Gasteiger partial charge in [0.2, 0.25) is 0 Å². The molecule has 1 fully saturated rings. The fourth-order valence-electron chi connectivity index (χ4n) is 3.69. The first kappa shape index (κ1) is 19.4. The highest BCUT2D eigenvalue weighted by Gasteiger charge is 2.17. The van der Waals surface area contributed by atoms with E-state index in [0.29, 0.717) is 12.6 Å². The van der Waals surface area contributed by atoms with Gasteiger partial charge in [-0.2, -0.15) is 0 Å². The summed E-state index contributed by atoms with van der Waals surface area (Å²) in [5.74, 6) is 1.83. The van der Waals surface area contributed by atoms with Gasteiger partial charge in [-0.05, 0) is 31.9 Å². The molecule has 0 amide bonds. The first-order chi connectivity index (χ1) is 13.2. The third kappa shape index (κ3) is 5.32. The first-order valence-electron chi connectivity index (χ1n) is 9.92. The number of hydrogen-bond donors (Lipinski definition) is 2. The zero-order chi connectivity index (χ0) is 19.1. The summed E-state index contributed by atoms with van der Waals surface area (Å²) in [6, 6.07) is 11.0. The van der Waals surface area contributed by atoms with Gasteiger partial charge < -0.3 is 15.2 Å². The molecule has 27 heavy (non-hydrogen) atoms. The molecule has 1 saturated heterocycles. The van der Waals surface area contributed by atoms with Gasteiger partial charge in [0.05, 0.1) is 18.4 Å². The van der Waals surface area contributed by atoms with Crippen LogP contribution in [0.3, 0.4) is 0 Å². The van der Waals surface area contributed by atoms with E-state index in [1.165, 1.54) is 25.8 Å². The van der Waals surface area contributed by atoms with Gasteiger partial charge in [0.15, 0.2) is 5.96 Å². The van der Waals surface area contributed by atoms with Crippen LogP contribution in [0.2, 0.25) is 0 Å². The summed E-state index contributed by atoms with van der Waals surface area (Å²) in [6.45, 7) is 6.21. The normalized spacial score (nSPS) is 18.5. The number of piperidine rings is 1. The Morgan fingerprint density at radius 1 is 1.33 bits per heavy atom. The second kappa shape index (κ2) is 9.55. The number of aliphatic imine (C=N–C) groups is 1. The van der Waals surface area contributed by atoms with Crippen molar-refractivity contribution >= 4 is 5.96 Å². The average Bonchev–Trinajstić information content (AvgIpc) is 3.15. The van der Waals surface area contributed by atoms with Crippen molar-refractivity contribution in [2.75, 3.05) is 33.7 Å². The van der Waals surface area contributed by atoms with Gasteiger partial charge in [0.1, 0.15) is 5.82 Å². The topological polar surface area (TPSA) is 59.6 Å². The van der Waals surface area contributed by atoms with Crippen LogP contribution in [0.5, 0.6) is 0 Å². The minimum Gasteiger partial charge on any atom is -0.355 e. The molecule has 1 aliphatic heterocycles. The lowest BCUT2D eigenvalue weighted by Gasteiger charge is -2.33. The number of hydrogen-bond acceptors (Lipinski definition) is 3. The lowest BCUT2D eigenvalue weighted by molar-refractivity contribution is 0.163. The Morgan fingerprint density at radius 2 is 2.15 bits per heavy atom. The second-order valence-electron chi connectivity index (χ2n) is 7.32. The number of H-pyrrole nitrogens is 1. The molecule has 6 nitrogen and oxygen atoms in total. The Kier molecular flexibility index (Phi) is 6.87. The Balaban J connectivity index is 1.50. The number of aromatic nitrogens is 2. The third-order valence-electron chi connectivity index (χ3n) is 5.30. The van der Waals surface area contributed by atoms with Crippen molar-refractivity contribution in [2.45, 2.75) is 38.8 Å². The van der Waals surface area contributed by atoms with E-state index in [0.717, 1.165) is 36.1 Å². The van der Waals surface area contributed by atoms with Crippen molar-refractivity contribution in [3.63, 3.8) is 0 Å². The number of benzene rings is 1. The van der Waals surface area contributed by atoms with Gasteiger partial charge in [0, 0.05) is 33.2 Å². The Hall–Kier alpha value is -2.34. The molecule has 0 bridgehead atoms. The molecular formula is C21H32N6. The van der Waals surface area contributed by atoms with Gasteiger partial charge in [-0.1, -0.05) is 36.8 Å². The summed E-state index contributed by atoms with van der Waals surface area (Å²) in [6.07, 6.45) is 5.90. The maximum atomic E-state index is 4.52. The maximum absolute atomic E-state index is 4.52. The van der Waals surface area contributed by atoms with Crippen LogP contribution in [0.1, 0.15) is 32.0 Å². The van der Waals surface area contributed by atoms with Crippen LogP contribution in [0, 0.1) is 0 Å². The van der Waals surface area contributed by atoms with Gasteiger partial charge in [-0.3, -0.25) is 9.89 Å². The van der Waals surface area contributed by atoms with Crippen molar-refractivity contribution in [3.8, 4) is 11.3 Å². The van der Waals surface area contributed by atoms with Crippen LogP contribution in [-0.4, -0.2) is 65.5 Å². The quantitative estimate of drug-likeness (QED) is 0.608. The van der Waals surface area contributed by atoms with E-state index < -0.39 is 0 Å². The predicted molar refractivity (Wildman–Crippen MR) is 112 cm³/mol. The number of likely N-dealkylation sites (tertiary alicyclic amines) is 1. The van der Waals surface area contributed by atoms with E-state index >= 15 is 0 Å². The highest BCUT2D eigenvalue weighted by Crippen LogP contribution is 2.17. The number of rotatable bonds is 6. The van der Waals surface area contributed by atoms with Crippen LogP contribution in [0.15, 0.2) is 41.5 Å². The molecule has 0 radical (unpaired) electrons. The summed E-state index contributed by atoms with van der Waals surface area (Å²) >= 11 is 0. The molecule has 2 N–H and O–H groups in total. The number of guanidine groups is 1. The van der Waals surface area contributed by atoms with E-state index in [1.54, 1.807) is 0 Å². The van der Waals surface area contributed by atoms with Gasteiger partial charge in [-0.25, -0.2) is 4.98 Å². The minimum absolute atomic E-state index is 0.687. The standard InChI is InChI=1S/C21H32N6/c1-17-9-7-8-13-27(17)14-12-23-21(22-2)26(3)16-20-24-15-19(25-20)18-10-5-4-6-11-18/h4-6,10-11,15,17H,7-9,12-14,16H2,1-3H3,(H,22,23)(H,24,25). The van der Waals surface area contributed by atoms with Gasteiger partial charge in [-0.15, -0.1) is 0 Å². The van der Waals surface area contributed by atoms with E-state index in [1.807, 2.05) is 38.5 Å². The Bertz CT molecular complexity index is 723.